The minimum absolute atomic E-state index is 0.274. The number of nitrogens with one attached hydrogen (secondary N) is 1. The third-order valence-corrected chi connectivity index (χ3v) is 3.73. The predicted molar refractivity (Wildman–Crippen MR) is 85.3 cm³/mol. The lowest BCUT2D eigenvalue weighted by Crippen LogP contribution is -2.19. The van der Waals surface area contributed by atoms with Crippen molar-refractivity contribution in [1.29, 1.82) is 0 Å². The molecule has 0 radical (unpaired) electrons. The van der Waals surface area contributed by atoms with E-state index in [9.17, 15) is 4.79 Å². The number of nitrogens with zero attached hydrogens (tertiary/aromatic N) is 1. The summed E-state index contributed by atoms with van der Waals surface area (Å²) in [5.41, 5.74) is 4.50. The molecule has 1 amide bonds. The van der Waals surface area contributed by atoms with Crippen LogP contribution < -0.4 is 5.43 Å². The minimum Gasteiger partial charge on any atom is -0.267 e. The molecule has 0 aliphatic heterocycles. The van der Waals surface area contributed by atoms with Gasteiger partial charge in [0.05, 0.1) is 11.3 Å². The highest BCUT2D eigenvalue weighted by atomic mass is 79.9. The first-order valence-corrected chi connectivity index (χ1v) is 7.10. The molecule has 0 bridgehead atoms. The monoisotopic (exact) mass is 350 g/mol. The summed E-state index contributed by atoms with van der Waals surface area (Å²) in [7, 11) is 0. The van der Waals surface area contributed by atoms with Crippen molar-refractivity contribution in [2.45, 2.75) is 6.92 Å². The molecule has 0 unspecified atom stereocenters. The lowest BCUT2D eigenvalue weighted by atomic mass is 10.1. The van der Waals surface area contributed by atoms with Gasteiger partial charge in [0, 0.05) is 15.1 Å². The van der Waals surface area contributed by atoms with Gasteiger partial charge in [0.25, 0.3) is 5.91 Å². The molecule has 3 nitrogen and oxygen atoms in total. The Hall–Kier alpha value is -1.65. The number of amides is 1. The Morgan fingerprint density at radius 2 is 1.70 bits per heavy atom. The zero-order valence-electron chi connectivity index (χ0n) is 10.7. The van der Waals surface area contributed by atoms with Crippen molar-refractivity contribution < 1.29 is 4.79 Å². The average molecular weight is 352 g/mol. The van der Waals surface area contributed by atoms with Crippen molar-refractivity contribution in [3.8, 4) is 0 Å². The Morgan fingerprint density at radius 3 is 2.35 bits per heavy atom. The van der Waals surface area contributed by atoms with E-state index >= 15 is 0 Å². The fraction of sp³-hybridized carbons (Fsp3) is 0.0667. The van der Waals surface area contributed by atoms with E-state index in [0.717, 1.165) is 10.0 Å². The van der Waals surface area contributed by atoms with E-state index in [1.165, 1.54) is 0 Å². The van der Waals surface area contributed by atoms with E-state index in [-0.39, 0.29) is 5.91 Å². The van der Waals surface area contributed by atoms with Gasteiger partial charge < -0.3 is 0 Å². The minimum atomic E-state index is -0.274. The summed E-state index contributed by atoms with van der Waals surface area (Å²) in [5, 5.41) is 4.69. The highest BCUT2D eigenvalue weighted by Gasteiger charge is 2.09. The van der Waals surface area contributed by atoms with Crippen LogP contribution in [0.3, 0.4) is 0 Å². The molecule has 0 fully saturated rings. The van der Waals surface area contributed by atoms with Crippen molar-refractivity contribution in [1.82, 2.24) is 5.43 Å². The normalized spacial score (nSPS) is 11.2. The average Bonchev–Trinajstić information content (AvgIpc) is 2.45. The summed E-state index contributed by atoms with van der Waals surface area (Å²) in [4.78, 5) is 12.0. The van der Waals surface area contributed by atoms with E-state index in [1.54, 1.807) is 31.2 Å². The van der Waals surface area contributed by atoms with Crippen LogP contribution in [0.1, 0.15) is 22.8 Å². The maximum absolute atomic E-state index is 12.0. The van der Waals surface area contributed by atoms with Crippen LogP contribution >= 0.6 is 27.5 Å². The van der Waals surface area contributed by atoms with Gasteiger partial charge in [-0.15, -0.1) is 0 Å². The van der Waals surface area contributed by atoms with Gasteiger partial charge >= 0.3 is 0 Å². The molecule has 0 saturated carbocycles. The van der Waals surface area contributed by atoms with Crippen LogP contribution in [0, 0.1) is 0 Å². The zero-order chi connectivity index (χ0) is 14.5. The Labute approximate surface area is 130 Å². The molecular weight excluding hydrogens is 340 g/mol. The molecule has 20 heavy (non-hydrogen) atoms. The van der Waals surface area contributed by atoms with Crippen LogP contribution in [0.4, 0.5) is 0 Å². The van der Waals surface area contributed by atoms with Gasteiger partial charge in [0.15, 0.2) is 0 Å². The largest absolute Gasteiger partial charge is 0.272 e. The number of hydrogen-bond donors (Lipinski definition) is 1. The van der Waals surface area contributed by atoms with Crippen molar-refractivity contribution in [2.24, 2.45) is 5.10 Å². The van der Waals surface area contributed by atoms with Crippen LogP contribution in [0.2, 0.25) is 5.02 Å². The van der Waals surface area contributed by atoms with Crippen LogP contribution in [0.25, 0.3) is 0 Å². The first kappa shape index (κ1) is 14.8. The van der Waals surface area contributed by atoms with E-state index in [1.807, 2.05) is 24.3 Å². The highest BCUT2D eigenvalue weighted by Crippen LogP contribution is 2.17. The van der Waals surface area contributed by atoms with Gasteiger partial charge in [-0.05, 0) is 41.1 Å². The second kappa shape index (κ2) is 6.68. The SMILES string of the molecule is C/C(=N/NC(=O)c1ccccc1Br)c1ccccc1Cl. The lowest BCUT2D eigenvalue weighted by molar-refractivity contribution is 0.0954. The van der Waals surface area contributed by atoms with Gasteiger partial charge in [0.2, 0.25) is 0 Å². The fourth-order valence-corrected chi connectivity index (χ4v) is 2.39. The standard InChI is InChI=1S/C15H12BrClN2O/c1-10(11-6-3-5-9-14(11)17)18-19-15(20)12-7-2-4-8-13(12)16/h2-9H,1H3,(H,19,20)/b18-10-. The number of rotatable bonds is 3. The van der Waals surface area contributed by atoms with Gasteiger partial charge in [0.1, 0.15) is 0 Å². The number of benzene rings is 2. The number of carbonyl (C=O) groups excluding carboxylic acids is 1. The molecule has 2 aromatic rings. The summed E-state index contributed by atoms with van der Waals surface area (Å²) in [6.45, 7) is 1.79. The van der Waals surface area contributed by atoms with E-state index in [2.05, 4.69) is 26.5 Å². The van der Waals surface area contributed by atoms with Crippen molar-refractivity contribution in [3.63, 3.8) is 0 Å². The number of carbonyl (C=O) groups is 1. The molecule has 0 aliphatic carbocycles. The molecule has 0 saturated heterocycles. The maximum Gasteiger partial charge on any atom is 0.272 e. The van der Waals surface area contributed by atoms with Gasteiger partial charge in [-0.25, -0.2) is 5.43 Å². The molecule has 2 aromatic carbocycles. The predicted octanol–water partition coefficient (Wildman–Crippen LogP) is 4.26. The Balaban J connectivity index is 2.16. The molecule has 0 atom stereocenters. The lowest BCUT2D eigenvalue weighted by Gasteiger charge is -2.05. The molecule has 0 aliphatic rings. The third-order valence-electron chi connectivity index (χ3n) is 2.71. The Bertz CT molecular complexity index is 670. The van der Waals surface area contributed by atoms with Crippen molar-refractivity contribution >= 4 is 39.1 Å². The summed E-state index contributed by atoms with van der Waals surface area (Å²) in [6.07, 6.45) is 0. The summed E-state index contributed by atoms with van der Waals surface area (Å²) in [6, 6.07) is 14.5. The Kier molecular flexibility index (Phi) is 4.93. The van der Waals surface area contributed by atoms with Gasteiger partial charge in [-0.1, -0.05) is 41.9 Å². The summed E-state index contributed by atoms with van der Waals surface area (Å²) >= 11 is 9.41. The molecule has 1 N–H and O–H groups in total. The molecule has 2 rings (SSSR count). The van der Waals surface area contributed by atoms with E-state index in [4.69, 9.17) is 11.6 Å². The molecule has 0 spiro atoms. The number of hydrazone groups is 1. The quantitative estimate of drug-likeness (QED) is 0.651. The fourth-order valence-electron chi connectivity index (χ4n) is 1.66. The first-order valence-electron chi connectivity index (χ1n) is 5.93. The van der Waals surface area contributed by atoms with Crippen molar-refractivity contribution in [2.75, 3.05) is 0 Å². The number of halogens is 2. The second-order valence-corrected chi connectivity index (χ2v) is 5.36. The second-order valence-electron chi connectivity index (χ2n) is 4.10. The first-order chi connectivity index (χ1) is 9.59. The summed E-state index contributed by atoms with van der Waals surface area (Å²) in [5.74, 6) is -0.274. The molecule has 0 heterocycles. The van der Waals surface area contributed by atoms with Crippen LogP contribution in [-0.4, -0.2) is 11.6 Å². The Morgan fingerprint density at radius 1 is 1.10 bits per heavy atom. The molecule has 5 heteroatoms. The van der Waals surface area contributed by atoms with Crippen LogP contribution in [0.5, 0.6) is 0 Å². The molecule has 0 aromatic heterocycles. The number of hydrogen-bond acceptors (Lipinski definition) is 2. The van der Waals surface area contributed by atoms with Gasteiger partial charge in [-0.3, -0.25) is 4.79 Å². The van der Waals surface area contributed by atoms with Crippen molar-refractivity contribution in [3.05, 3.63) is 69.2 Å². The highest BCUT2D eigenvalue weighted by molar-refractivity contribution is 9.10. The van der Waals surface area contributed by atoms with Crippen LogP contribution in [0.15, 0.2) is 58.1 Å². The topological polar surface area (TPSA) is 41.5 Å². The smallest absolute Gasteiger partial charge is 0.267 e. The van der Waals surface area contributed by atoms with E-state index < -0.39 is 0 Å². The van der Waals surface area contributed by atoms with Crippen LogP contribution in [-0.2, 0) is 0 Å². The zero-order valence-corrected chi connectivity index (χ0v) is 13.1. The molecular formula is C15H12BrClN2O. The third kappa shape index (κ3) is 3.46. The van der Waals surface area contributed by atoms with Gasteiger partial charge in [-0.2, -0.15) is 5.10 Å². The summed E-state index contributed by atoms with van der Waals surface area (Å²) < 4.78 is 0.725. The molecule has 102 valence electrons. The van der Waals surface area contributed by atoms with E-state index in [0.29, 0.717) is 16.3 Å². The maximum atomic E-state index is 12.0.